The van der Waals surface area contributed by atoms with Crippen molar-refractivity contribution in [3.05, 3.63) is 69.3 Å². The summed E-state index contributed by atoms with van der Waals surface area (Å²) in [6.07, 6.45) is 0. The highest BCUT2D eigenvalue weighted by atomic mass is 19.1. The zero-order valence-corrected chi connectivity index (χ0v) is 15.0. The molecule has 0 amide bonds. The van der Waals surface area contributed by atoms with Crippen LogP contribution in [-0.4, -0.2) is 48.0 Å². The first kappa shape index (κ1) is 19.2. The summed E-state index contributed by atoms with van der Waals surface area (Å²) in [6.45, 7) is 3.71. The molecule has 27 heavy (non-hydrogen) atoms. The SMILES string of the molecule is COc1ccc(F)cc1CN1CCN(Cc2cc(F)ccc2[N+](=O)[O-])CC1. The van der Waals surface area contributed by atoms with Gasteiger partial charge < -0.3 is 4.74 Å². The highest BCUT2D eigenvalue weighted by Gasteiger charge is 2.22. The third-order valence-corrected chi connectivity index (χ3v) is 4.73. The van der Waals surface area contributed by atoms with E-state index >= 15 is 0 Å². The number of nitro groups is 1. The molecule has 0 unspecified atom stereocenters. The lowest BCUT2D eigenvalue weighted by Crippen LogP contribution is -2.45. The van der Waals surface area contributed by atoms with E-state index in [2.05, 4.69) is 9.80 Å². The van der Waals surface area contributed by atoms with Gasteiger partial charge in [0.25, 0.3) is 5.69 Å². The summed E-state index contributed by atoms with van der Waals surface area (Å²) in [5.74, 6) is -0.135. The molecule has 1 heterocycles. The molecule has 0 bridgehead atoms. The van der Waals surface area contributed by atoms with E-state index in [1.807, 2.05) is 0 Å². The van der Waals surface area contributed by atoms with Crippen molar-refractivity contribution in [2.24, 2.45) is 0 Å². The third kappa shape index (κ3) is 4.78. The second-order valence-corrected chi connectivity index (χ2v) is 6.54. The molecular weight excluding hydrogens is 356 g/mol. The number of nitro benzene ring substituents is 1. The summed E-state index contributed by atoms with van der Waals surface area (Å²) in [5, 5.41) is 11.1. The van der Waals surface area contributed by atoms with Crippen LogP contribution in [-0.2, 0) is 13.1 Å². The van der Waals surface area contributed by atoms with E-state index in [0.29, 0.717) is 37.5 Å². The fourth-order valence-corrected chi connectivity index (χ4v) is 3.32. The molecule has 144 valence electrons. The van der Waals surface area contributed by atoms with E-state index in [1.165, 1.54) is 24.3 Å². The molecule has 2 aromatic rings. The Morgan fingerprint density at radius 2 is 1.48 bits per heavy atom. The van der Waals surface area contributed by atoms with Gasteiger partial charge in [-0.25, -0.2) is 8.78 Å². The van der Waals surface area contributed by atoms with E-state index in [0.717, 1.165) is 24.7 Å². The molecule has 0 spiro atoms. The number of hydrogen-bond acceptors (Lipinski definition) is 5. The van der Waals surface area contributed by atoms with Gasteiger partial charge in [-0.3, -0.25) is 19.9 Å². The van der Waals surface area contributed by atoms with Crippen LogP contribution in [0.15, 0.2) is 36.4 Å². The molecule has 6 nitrogen and oxygen atoms in total. The zero-order chi connectivity index (χ0) is 19.4. The van der Waals surface area contributed by atoms with Crippen molar-refractivity contribution in [1.82, 2.24) is 9.80 Å². The molecule has 0 aromatic heterocycles. The zero-order valence-electron chi connectivity index (χ0n) is 15.0. The molecule has 1 aliphatic rings. The van der Waals surface area contributed by atoms with Crippen molar-refractivity contribution < 1.29 is 18.4 Å². The molecule has 1 fully saturated rings. The predicted molar refractivity (Wildman–Crippen MR) is 96.6 cm³/mol. The van der Waals surface area contributed by atoms with Crippen molar-refractivity contribution in [3.8, 4) is 5.75 Å². The van der Waals surface area contributed by atoms with Gasteiger partial charge in [0.05, 0.1) is 12.0 Å². The van der Waals surface area contributed by atoms with Gasteiger partial charge in [-0.2, -0.15) is 0 Å². The smallest absolute Gasteiger partial charge is 0.274 e. The van der Waals surface area contributed by atoms with Crippen LogP contribution < -0.4 is 4.74 Å². The number of hydrogen-bond donors (Lipinski definition) is 0. The van der Waals surface area contributed by atoms with Crippen LogP contribution in [0.2, 0.25) is 0 Å². The topological polar surface area (TPSA) is 58.8 Å². The summed E-state index contributed by atoms with van der Waals surface area (Å²) in [7, 11) is 1.56. The van der Waals surface area contributed by atoms with E-state index in [1.54, 1.807) is 13.2 Å². The fraction of sp³-hybridized carbons (Fsp3) is 0.368. The maximum atomic E-state index is 13.5. The van der Waals surface area contributed by atoms with Crippen LogP contribution in [0.3, 0.4) is 0 Å². The van der Waals surface area contributed by atoms with Crippen LogP contribution in [0, 0.1) is 21.7 Å². The number of rotatable bonds is 6. The number of ether oxygens (including phenoxy) is 1. The molecule has 1 aliphatic heterocycles. The van der Waals surface area contributed by atoms with Crippen molar-refractivity contribution in [2.75, 3.05) is 33.3 Å². The largest absolute Gasteiger partial charge is 0.496 e. The fourth-order valence-electron chi connectivity index (χ4n) is 3.32. The monoisotopic (exact) mass is 377 g/mol. The van der Waals surface area contributed by atoms with Crippen LogP contribution in [0.4, 0.5) is 14.5 Å². The molecule has 3 rings (SSSR count). The second kappa shape index (κ2) is 8.41. The maximum absolute atomic E-state index is 13.5. The molecule has 2 aromatic carbocycles. The molecular formula is C19H21F2N3O3. The van der Waals surface area contributed by atoms with Crippen molar-refractivity contribution >= 4 is 5.69 Å². The summed E-state index contributed by atoms with van der Waals surface area (Å²) in [4.78, 5) is 14.9. The standard InChI is InChI=1S/C19H21F2N3O3/c1-27-19-5-3-17(21)11-15(19)13-23-8-6-22(7-9-23)12-14-10-16(20)2-4-18(14)24(25)26/h2-5,10-11H,6-9,12-13H2,1H3. The van der Waals surface area contributed by atoms with Gasteiger partial charge in [0.15, 0.2) is 0 Å². The van der Waals surface area contributed by atoms with Gasteiger partial charge in [-0.15, -0.1) is 0 Å². The average molecular weight is 377 g/mol. The van der Waals surface area contributed by atoms with Crippen molar-refractivity contribution in [1.29, 1.82) is 0 Å². The normalized spacial score (nSPS) is 15.7. The molecule has 0 N–H and O–H groups in total. The quantitative estimate of drug-likeness (QED) is 0.572. The lowest BCUT2D eigenvalue weighted by molar-refractivity contribution is -0.385. The molecule has 0 radical (unpaired) electrons. The van der Waals surface area contributed by atoms with Crippen LogP contribution in [0.1, 0.15) is 11.1 Å². The maximum Gasteiger partial charge on any atom is 0.274 e. The van der Waals surface area contributed by atoms with Gasteiger partial charge >= 0.3 is 0 Å². The Morgan fingerprint density at radius 1 is 0.963 bits per heavy atom. The van der Waals surface area contributed by atoms with Gasteiger partial charge in [0.2, 0.25) is 0 Å². The molecule has 0 saturated carbocycles. The first-order valence-corrected chi connectivity index (χ1v) is 8.66. The average Bonchev–Trinajstić information content (AvgIpc) is 2.63. The lowest BCUT2D eigenvalue weighted by atomic mass is 10.1. The highest BCUT2D eigenvalue weighted by molar-refractivity contribution is 5.40. The Morgan fingerprint density at radius 3 is 2.04 bits per heavy atom. The Balaban J connectivity index is 1.61. The number of benzene rings is 2. The number of methoxy groups -OCH3 is 1. The number of nitrogens with zero attached hydrogens (tertiary/aromatic N) is 3. The Labute approximate surface area is 156 Å². The minimum Gasteiger partial charge on any atom is -0.496 e. The molecule has 0 atom stereocenters. The first-order valence-electron chi connectivity index (χ1n) is 8.66. The summed E-state index contributed by atoms with van der Waals surface area (Å²) in [5.41, 5.74) is 1.09. The number of piperazine rings is 1. The minimum atomic E-state index is -0.485. The Bertz CT molecular complexity index is 824. The predicted octanol–water partition coefficient (Wildman–Crippen LogP) is 3.20. The minimum absolute atomic E-state index is 0.0664. The van der Waals surface area contributed by atoms with Gasteiger partial charge in [0, 0.05) is 56.5 Å². The Hall–Kier alpha value is -2.58. The lowest BCUT2D eigenvalue weighted by Gasteiger charge is -2.34. The van der Waals surface area contributed by atoms with E-state index in [-0.39, 0.29) is 11.5 Å². The molecule has 1 saturated heterocycles. The van der Waals surface area contributed by atoms with E-state index in [4.69, 9.17) is 4.74 Å². The van der Waals surface area contributed by atoms with Gasteiger partial charge in [-0.05, 0) is 30.3 Å². The van der Waals surface area contributed by atoms with Crippen LogP contribution in [0.5, 0.6) is 5.75 Å². The summed E-state index contributed by atoms with van der Waals surface area (Å²) < 4.78 is 32.3. The first-order chi connectivity index (χ1) is 13.0. The molecule has 0 aliphatic carbocycles. The third-order valence-electron chi connectivity index (χ3n) is 4.73. The van der Waals surface area contributed by atoms with Crippen LogP contribution >= 0.6 is 0 Å². The van der Waals surface area contributed by atoms with Crippen LogP contribution in [0.25, 0.3) is 0 Å². The second-order valence-electron chi connectivity index (χ2n) is 6.54. The van der Waals surface area contributed by atoms with E-state index < -0.39 is 10.7 Å². The van der Waals surface area contributed by atoms with Crippen molar-refractivity contribution in [2.45, 2.75) is 13.1 Å². The molecule has 8 heteroatoms. The highest BCUT2D eigenvalue weighted by Crippen LogP contribution is 2.24. The number of halogens is 2. The van der Waals surface area contributed by atoms with Gasteiger partial charge in [0.1, 0.15) is 17.4 Å². The summed E-state index contributed by atoms with van der Waals surface area (Å²) >= 11 is 0. The summed E-state index contributed by atoms with van der Waals surface area (Å²) in [6, 6.07) is 7.99. The van der Waals surface area contributed by atoms with Gasteiger partial charge in [-0.1, -0.05) is 0 Å². The van der Waals surface area contributed by atoms with Crippen molar-refractivity contribution in [3.63, 3.8) is 0 Å². The van der Waals surface area contributed by atoms with E-state index in [9.17, 15) is 18.9 Å². The Kier molecular flexibility index (Phi) is 5.98.